The fraction of sp³-hybridized carbons (Fsp3) is 0.524. The molecule has 2 aromatic rings. The van der Waals surface area contributed by atoms with E-state index < -0.39 is 11.9 Å². The lowest BCUT2D eigenvalue weighted by Crippen LogP contribution is -2.47. The van der Waals surface area contributed by atoms with Crippen molar-refractivity contribution in [3.63, 3.8) is 0 Å². The van der Waals surface area contributed by atoms with Gasteiger partial charge in [0, 0.05) is 30.2 Å². The first-order chi connectivity index (χ1) is 14.9. The number of alkyl halides is 3. The number of hydrogen-bond donors (Lipinski definition) is 1. The van der Waals surface area contributed by atoms with Gasteiger partial charge in [-0.15, -0.1) is 0 Å². The molecule has 1 saturated heterocycles. The van der Waals surface area contributed by atoms with Crippen LogP contribution >= 0.6 is 11.8 Å². The van der Waals surface area contributed by atoms with Gasteiger partial charge >= 0.3 is 6.18 Å². The number of halogens is 3. The van der Waals surface area contributed by atoms with Crippen LogP contribution in [0.4, 0.5) is 19.0 Å². The van der Waals surface area contributed by atoms with Crippen LogP contribution in [0, 0.1) is 5.41 Å². The van der Waals surface area contributed by atoms with Crippen molar-refractivity contribution in [3.8, 4) is 0 Å². The fourth-order valence-electron chi connectivity index (χ4n) is 4.92. The highest BCUT2D eigenvalue weighted by Gasteiger charge is 2.43. The predicted molar refractivity (Wildman–Crippen MR) is 113 cm³/mol. The first-order valence-electron chi connectivity index (χ1n) is 10.5. The smallest absolute Gasteiger partial charge is 0.355 e. The van der Waals surface area contributed by atoms with Crippen LogP contribution in [-0.2, 0) is 12.7 Å². The second-order valence-corrected chi connectivity index (χ2v) is 9.47. The van der Waals surface area contributed by atoms with E-state index in [-0.39, 0.29) is 10.3 Å². The maximum atomic E-state index is 13.3. The minimum Gasteiger partial charge on any atom is -0.355 e. The number of pyridine rings is 1. The Morgan fingerprint density at radius 2 is 1.97 bits per heavy atom. The summed E-state index contributed by atoms with van der Waals surface area (Å²) < 4.78 is 39.8. The van der Waals surface area contributed by atoms with Gasteiger partial charge in [-0.2, -0.15) is 13.2 Å². The van der Waals surface area contributed by atoms with Crippen LogP contribution in [0.5, 0.6) is 0 Å². The minimum atomic E-state index is -4.52. The number of anilines is 1. The number of nitrogens with two attached hydrogens (primary N) is 1. The molecule has 0 radical (unpaired) electrons. The lowest BCUT2D eigenvalue weighted by atomic mass is 9.74. The van der Waals surface area contributed by atoms with Crippen molar-refractivity contribution in [2.75, 3.05) is 18.0 Å². The number of nitrogens with zero attached hydrogens (tertiary/aromatic N) is 5. The molecule has 1 saturated carbocycles. The van der Waals surface area contributed by atoms with Gasteiger partial charge in [0.2, 0.25) is 0 Å². The van der Waals surface area contributed by atoms with Crippen LogP contribution in [-0.4, -0.2) is 39.1 Å². The summed E-state index contributed by atoms with van der Waals surface area (Å²) in [7, 11) is 0. The average molecular weight is 449 g/mol. The number of aromatic nitrogens is 3. The van der Waals surface area contributed by atoms with Gasteiger partial charge in [0.1, 0.15) is 16.6 Å². The Morgan fingerprint density at radius 3 is 2.68 bits per heavy atom. The van der Waals surface area contributed by atoms with Crippen molar-refractivity contribution < 1.29 is 13.2 Å². The number of thioether (sulfide) groups is 1. The molecule has 2 aliphatic heterocycles. The molecule has 4 heterocycles. The average Bonchev–Trinajstić information content (AvgIpc) is 3.31. The van der Waals surface area contributed by atoms with Crippen LogP contribution in [0.25, 0.3) is 0 Å². The third kappa shape index (κ3) is 3.80. The number of hydrogen-bond acceptors (Lipinski definition) is 7. The third-order valence-electron chi connectivity index (χ3n) is 6.71. The summed E-state index contributed by atoms with van der Waals surface area (Å²) in [6.45, 7) is 2.12. The number of aliphatic imine (C=N–C) groups is 1. The van der Waals surface area contributed by atoms with Gasteiger partial charge in [-0.1, -0.05) is 18.2 Å². The molecule has 1 spiro atoms. The minimum absolute atomic E-state index is 0.0155. The topological polar surface area (TPSA) is 80.3 Å². The predicted octanol–water partition coefficient (Wildman–Crippen LogP) is 4.04. The molecule has 2 fully saturated rings. The molecule has 0 amide bonds. The Morgan fingerprint density at radius 1 is 1.16 bits per heavy atom. The summed E-state index contributed by atoms with van der Waals surface area (Å²) in [5.41, 5.74) is 7.00. The van der Waals surface area contributed by atoms with Crippen molar-refractivity contribution in [2.45, 2.75) is 55.8 Å². The second kappa shape index (κ2) is 7.74. The summed E-state index contributed by atoms with van der Waals surface area (Å²) >= 11 is 0.939. The first-order valence-corrected chi connectivity index (χ1v) is 11.3. The molecule has 2 N–H and O–H groups in total. The van der Waals surface area contributed by atoms with Gasteiger partial charge in [-0.3, -0.25) is 9.98 Å². The van der Waals surface area contributed by atoms with Crippen LogP contribution < -0.4 is 10.6 Å². The molecule has 0 aromatic carbocycles. The summed E-state index contributed by atoms with van der Waals surface area (Å²) in [4.78, 5) is 19.4. The van der Waals surface area contributed by atoms with E-state index in [2.05, 4.69) is 19.9 Å². The van der Waals surface area contributed by atoms with Gasteiger partial charge < -0.3 is 10.6 Å². The van der Waals surface area contributed by atoms with E-state index in [4.69, 9.17) is 10.7 Å². The van der Waals surface area contributed by atoms with Crippen molar-refractivity contribution >= 4 is 22.6 Å². The van der Waals surface area contributed by atoms with Crippen molar-refractivity contribution in [2.24, 2.45) is 16.1 Å². The zero-order valence-electron chi connectivity index (χ0n) is 16.9. The van der Waals surface area contributed by atoms with Crippen molar-refractivity contribution in [3.05, 3.63) is 41.6 Å². The number of fused-ring (bicyclic) bond motifs is 1. The van der Waals surface area contributed by atoms with E-state index >= 15 is 0 Å². The largest absolute Gasteiger partial charge is 0.434 e. The van der Waals surface area contributed by atoms with Crippen molar-refractivity contribution in [1.82, 2.24) is 15.0 Å². The second-order valence-electron chi connectivity index (χ2n) is 8.44. The Kier molecular flexibility index (Phi) is 5.16. The van der Waals surface area contributed by atoms with Gasteiger partial charge in [-0.05, 0) is 43.2 Å². The molecule has 31 heavy (non-hydrogen) atoms. The molecule has 1 atom stereocenters. The SMILES string of the molecule is N[C@H]1CCCC12CCN(c1cnc3c(n1)CN=C3Sc1cccnc1C(F)(F)F)CC2. The maximum absolute atomic E-state index is 13.3. The van der Waals surface area contributed by atoms with Gasteiger partial charge in [0.25, 0.3) is 0 Å². The van der Waals surface area contributed by atoms with Crippen LogP contribution in [0.1, 0.15) is 49.2 Å². The van der Waals surface area contributed by atoms with Gasteiger partial charge in [0.05, 0.1) is 18.4 Å². The molecule has 164 valence electrons. The van der Waals surface area contributed by atoms with E-state index in [0.717, 1.165) is 56.1 Å². The standard InChI is InChI=1S/C21H23F3N6S/c22-21(23,24)18-14(3-2-8-26-18)31-19-17-13(11-28-19)29-16(12-27-17)30-9-6-20(7-10-30)5-1-4-15(20)25/h2-3,8,12,15H,1,4-7,9-11,25H2/t15-/m0/s1. The highest BCUT2D eigenvalue weighted by molar-refractivity contribution is 8.14. The van der Waals surface area contributed by atoms with Crippen molar-refractivity contribution in [1.29, 1.82) is 0 Å². The summed E-state index contributed by atoms with van der Waals surface area (Å²) in [5.74, 6) is 0.805. The van der Waals surface area contributed by atoms with E-state index in [1.807, 2.05) is 0 Å². The summed E-state index contributed by atoms with van der Waals surface area (Å²) in [6.07, 6.45) is 3.99. The molecule has 6 nitrogen and oxygen atoms in total. The van der Waals surface area contributed by atoms with Crippen LogP contribution in [0.15, 0.2) is 34.4 Å². The van der Waals surface area contributed by atoms with Crippen LogP contribution in [0.3, 0.4) is 0 Å². The molecule has 1 aliphatic carbocycles. The number of piperidine rings is 1. The molecular weight excluding hydrogens is 425 g/mol. The monoisotopic (exact) mass is 448 g/mol. The molecule has 2 aromatic heterocycles. The normalized spacial score (nSPS) is 22.6. The zero-order chi connectivity index (χ0) is 21.6. The summed E-state index contributed by atoms with van der Waals surface area (Å²) in [6, 6.07) is 3.19. The quantitative estimate of drug-likeness (QED) is 0.747. The lowest BCUT2D eigenvalue weighted by molar-refractivity contribution is -0.143. The van der Waals surface area contributed by atoms with E-state index in [1.165, 1.54) is 25.0 Å². The molecule has 5 rings (SSSR count). The Balaban J connectivity index is 1.31. The molecule has 3 aliphatic rings. The Labute approximate surface area is 182 Å². The lowest BCUT2D eigenvalue weighted by Gasteiger charge is -2.42. The van der Waals surface area contributed by atoms with Gasteiger partial charge in [-0.25, -0.2) is 9.97 Å². The Bertz CT molecular complexity index is 1020. The van der Waals surface area contributed by atoms with Crippen LogP contribution in [0.2, 0.25) is 0 Å². The molecule has 10 heteroatoms. The zero-order valence-corrected chi connectivity index (χ0v) is 17.7. The van der Waals surface area contributed by atoms with E-state index in [1.54, 1.807) is 6.20 Å². The first kappa shape index (κ1) is 20.7. The molecule has 0 bridgehead atoms. The third-order valence-corrected chi connectivity index (χ3v) is 7.78. The fourth-order valence-corrected chi connectivity index (χ4v) is 5.93. The van der Waals surface area contributed by atoms with Gasteiger partial charge in [0.15, 0.2) is 5.69 Å². The maximum Gasteiger partial charge on any atom is 0.434 e. The van der Waals surface area contributed by atoms with E-state index in [9.17, 15) is 13.2 Å². The van der Waals surface area contributed by atoms with E-state index in [0.29, 0.717) is 29.0 Å². The Hall–Kier alpha value is -2.20. The summed E-state index contributed by atoms with van der Waals surface area (Å²) in [5, 5.41) is 0.446. The molecular formula is C21H23F3N6S. The number of rotatable bonds is 2. The molecule has 0 unspecified atom stereocenters. The highest BCUT2D eigenvalue weighted by atomic mass is 32.2. The highest BCUT2D eigenvalue weighted by Crippen LogP contribution is 2.46.